The number of likely N-dealkylation sites (tertiary alicyclic amines) is 1. The SMILES string of the molecule is CCCCc1nc(O)c(-c2nnc(CC(=O)N3CC(F)C3)o2)c(C)c1-c1c(OC)cccc1OC. The molecule has 0 aliphatic carbocycles. The first kappa shape index (κ1) is 24.4. The van der Waals surface area contributed by atoms with E-state index in [1.54, 1.807) is 14.2 Å². The number of alkyl halides is 1. The van der Waals surface area contributed by atoms with Gasteiger partial charge in [0.25, 0.3) is 5.89 Å². The molecule has 2 aromatic heterocycles. The highest BCUT2D eigenvalue weighted by Crippen LogP contribution is 2.45. The molecule has 3 heterocycles. The van der Waals surface area contributed by atoms with Crippen LogP contribution < -0.4 is 9.47 Å². The van der Waals surface area contributed by atoms with Gasteiger partial charge >= 0.3 is 0 Å². The summed E-state index contributed by atoms with van der Waals surface area (Å²) in [4.78, 5) is 18.2. The number of aromatic hydroxyl groups is 1. The van der Waals surface area contributed by atoms with Crippen LogP contribution in [0.25, 0.3) is 22.6 Å². The normalized spacial score (nSPS) is 13.6. The number of carbonyl (C=O) groups excluding carboxylic acids is 1. The van der Waals surface area contributed by atoms with E-state index in [0.29, 0.717) is 34.7 Å². The predicted molar refractivity (Wildman–Crippen MR) is 126 cm³/mol. The number of aromatic nitrogens is 3. The Morgan fingerprint density at radius 1 is 1.17 bits per heavy atom. The van der Waals surface area contributed by atoms with Crippen molar-refractivity contribution in [3.05, 3.63) is 35.3 Å². The first-order chi connectivity index (χ1) is 16.9. The van der Waals surface area contributed by atoms with Gasteiger partial charge in [0.1, 0.15) is 29.7 Å². The quantitative estimate of drug-likeness (QED) is 0.487. The number of rotatable bonds is 9. The van der Waals surface area contributed by atoms with Crippen molar-refractivity contribution in [1.82, 2.24) is 20.1 Å². The molecule has 4 rings (SSSR count). The van der Waals surface area contributed by atoms with Crippen LogP contribution in [0.3, 0.4) is 0 Å². The van der Waals surface area contributed by atoms with Gasteiger partial charge in [-0.15, -0.1) is 10.2 Å². The van der Waals surface area contributed by atoms with Crippen LogP contribution in [0.4, 0.5) is 4.39 Å². The number of nitrogens with zero attached hydrogens (tertiary/aromatic N) is 4. The van der Waals surface area contributed by atoms with Crippen LogP contribution in [0.2, 0.25) is 0 Å². The molecule has 1 N–H and O–H groups in total. The Morgan fingerprint density at radius 2 is 1.86 bits per heavy atom. The number of amides is 1. The highest BCUT2D eigenvalue weighted by Gasteiger charge is 2.32. The molecule has 0 spiro atoms. The van der Waals surface area contributed by atoms with Gasteiger partial charge in [-0.3, -0.25) is 4.79 Å². The minimum absolute atomic E-state index is 0.0411. The molecule has 0 bridgehead atoms. The predicted octanol–water partition coefficient (Wildman–Crippen LogP) is 3.90. The fourth-order valence-electron chi connectivity index (χ4n) is 4.26. The van der Waals surface area contributed by atoms with Gasteiger partial charge in [-0.2, -0.15) is 0 Å². The fraction of sp³-hybridized carbons (Fsp3) is 0.440. The lowest BCUT2D eigenvalue weighted by Crippen LogP contribution is -2.52. The monoisotopic (exact) mass is 484 g/mol. The summed E-state index contributed by atoms with van der Waals surface area (Å²) in [5, 5.41) is 18.9. The second-order valence-electron chi connectivity index (χ2n) is 8.47. The summed E-state index contributed by atoms with van der Waals surface area (Å²) in [7, 11) is 3.16. The Balaban J connectivity index is 1.79. The second-order valence-corrected chi connectivity index (χ2v) is 8.47. The Morgan fingerprint density at radius 3 is 2.46 bits per heavy atom. The van der Waals surface area contributed by atoms with E-state index in [-0.39, 0.29) is 48.6 Å². The molecule has 1 amide bonds. The van der Waals surface area contributed by atoms with Crippen LogP contribution in [0.5, 0.6) is 17.4 Å². The molecule has 0 saturated carbocycles. The maximum atomic E-state index is 13.1. The summed E-state index contributed by atoms with van der Waals surface area (Å²) < 4.78 is 30.1. The molecule has 1 fully saturated rings. The summed E-state index contributed by atoms with van der Waals surface area (Å²) in [6, 6.07) is 5.50. The fourth-order valence-corrected chi connectivity index (χ4v) is 4.26. The van der Waals surface area contributed by atoms with Crippen molar-refractivity contribution in [3.8, 4) is 40.0 Å². The average Bonchev–Trinajstić information content (AvgIpc) is 3.27. The lowest BCUT2D eigenvalue weighted by atomic mass is 9.92. The number of methoxy groups -OCH3 is 2. The highest BCUT2D eigenvalue weighted by atomic mass is 19.1. The molecular weight excluding hydrogens is 455 g/mol. The minimum atomic E-state index is -0.987. The standard InChI is InChI=1S/C25H29FN4O5/c1-5-6-8-16-21(23-17(33-3)9-7-10-18(23)34-4)14(2)22(24(32)27-16)25-29-28-19(35-25)11-20(31)30-12-15(26)13-30/h7,9-10,15H,5-6,8,11-13H2,1-4H3,(H,27,32). The molecule has 1 saturated heterocycles. The van der Waals surface area contributed by atoms with E-state index in [2.05, 4.69) is 22.1 Å². The largest absolute Gasteiger partial charge is 0.496 e. The minimum Gasteiger partial charge on any atom is -0.496 e. The Kier molecular flexibility index (Phi) is 7.18. The number of unbranched alkanes of at least 4 members (excludes halogenated alkanes) is 1. The third-order valence-electron chi connectivity index (χ3n) is 6.12. The highest BCUT2D eigenvalue weighted by molar-refractivity contribution is 5.86. The van der Waals surface area contributed by atoms with E-state index in [1.807, 2.05) is 25.1 Å². The topological polar surface area (TPSA) is 111 Å². The van der Waals surface area contributed by atoms with Gasteiger partial charge in [-0.05, 0) is 37.5 Å². The lowest BCUT2D eigenvalue weighted by Gasteiger charge is -2.33. The van der Waals surface area contributed by atoms with Gasteiger partial charge in [0.2, 0.25) is 17.7 Å². The molecule has 0 unspecified atom stereocenters. The van der Waals surface area contributed by atoms with Crippen molar-refractivity contribution in [2.45, 2.75) is 45.7 Å². The van der Waals surface area contributed by atoms with Gasteiger partial charge in [0, 0.05) is 5.56 Å². The zero-order valence-corrected chi connectivity index (χ0v) is 20.3. The maximum absolute atomic E-state index is 13.1. The van der Waals surface area contributed by atoms with Crippen LogP contribution in [-0.4, -0.2) is 64.6 Å². The van der Waals surface area contributed by atoms with E-state index >= 15 is 0 Å². The van der Waals surface area contributed by atoms with Gasteiger partial charge in [0.15, 0.2) is 0 Å². The van der Waals surface area contributed by atoms with Crippen molar-refractivity contribution in [2.24, 2.45) is 0 Å². The number of hydrogen-bond donors (Lipinski definition) is 1. The average molecular weight is 485 g/mol. The zero-order valence-electron chi connectivity index (χ0n) is 20.3. The smallest absolute Gasteiger partial charge is 0.253 e. The molecule has 0 radical (unpaired) electrons. The first-order valence-electron chi connectivity index (χ1n) is 11.6. The number of benzene rings is 1. The van der Waals surface area contributed by atoms with Crippen molar-refractivity contribution in [1.29, 1.82) is 0 Å². The van der Waals surface area contributed by atoms with E-state index in [0.717, 1.165) is 18.4 Å². The van der Waals surface area contributed by atoms with Crippen LogP contribution in [0.1, 0.15) is 36.9 Å². The number of pyridine rings is 1. The van der Waals surface area contributed by atoms with Crippen LogP contribution in [-0.2, 0) is 17.6 Å². The Labute approximate surface area is 202 Å². The summed E-state index contributed by atoms with van der Waals surface area (Å²) in [5.74, 6) is 0.789. The molecule has 10 heteroatoms. The number of halogens is 1. The number of hydrogen-bond acceptors (Lipinski definition) is 8. The lowest BCUT2D eigenvalue weighted by molar-refractivity contribution is -0.137. The third kappa shape index (κ3) is 4.78. The zero-order chi connectivity index (χ0) is 25.1. The van der Waals surface area contributed by atoms with Crippen LogP contribution in [0.15, 0.2) is 22.6 Å². The summed E-state index contributed by atoms with van der Waals surface area (Å²) in [5.41, 5.74) is 3.10. The molecule has 9 nitrogen and oxygen atoms in total. The van der Waals surface area contributed by atoms with Crippen LogP contribution >= 0.6 is 0 Å². The van der Waals surface area contributed by atoms with E-state index < -0.39 is 6.17 Å². The third-order valence-corrected chi connectivity index (χ3v) is 6.12. The van der Waals surface area contributed by atoms with Gasteiger partial charge in [-0.25, -0.2) is 9.37 Å². The second kappa shape index (κ2) is 10.3. The molecule has 1 aliphatic heterocycles. The number of ether oxygens (including phenoxy) is 2. The molecule has 1 aliphatic rings. The summed E-state index contributed by atoms with van der Waals surface area (Å²) >= 11 is 0. The van der Waals surface area contributed by atoms with Crippen molar-refractivity contribution in [3.63, 3.8) is 0 Å². The van der Waals surface area contributed by atoms with Gasteiger partial charge < -0.3 is 23.9 Å². The first-order valence-corrected chi connectivity index (χ1v) is 11.6. The van der Waals surface area contributed by atoms with Crippen molar-refractivity contribution >= 4 is 5.91 Å². The summed E-state index contributed by atoms with van der Waals surface area (Å²) in [6.07, 6.45) is 1.33. The van der Waals surface area contributed by atoms with E-state index in [4.69, 9.17) is 13.9 Å². The maximum Gasteiger partial charge on any atom is 0.253 e. The Bertz CT molecular complexity index is 1200. The summed E-state index contributed by atoms with van der Waals surface area (Å²) in [6.45, 7) is 4.07. The molecule has 186 valence electrons. The number of aryl methyl sites for hydroxylation is 1. The molecule has 3 aromatic rings. The molecular formula is C25H29FN4O5. The molecule has 1 aromatic carbocycles. The van der Waals surface area contributed by atoms with Gasteiger partial charge in [0.05, 0.1) is 38.6 Å². The van der Waals surface area contributed by atoms with E-state index in [1.165, 1.54) is 4.90 Å². The van der Waals surface area contributed by atoms with Gasteiger partial charge in [-0.1, -0.05) is 19.4 Å². The molecule has 35 heavy (non-hydrogen) atoms. The Hall–Kier alpha value is -3.69. The molecule has 0 atom stereocenters. The van der Waals surface area contributed by atoms with Crippen molar-refractivity contribution < 1.29 is 28.2 Å². The van der Waals surface area contributed by atoms with E-state index in [9.17, 15) is 14.3 Å². The van der Waals surface area contributed by atoms with Crippen molar-refractivity contribution in [2.75, 3.05) is 27.3 Å². The number of carbonyl (C=O) groups is 1. The van der Waals surface area contributed by atoms with Crippen LogP contribution in [0, 0.1) is 6.92 Å².